The van der Waals surface area contributed by atoms with Gasteiger partial charge >= 0.3 is 0 Å². The number of hydrogen-bond acceptors (Lipinski definition) is 6. The Morgan fingerprint density at radius 3 is 2.61 bits per heavy atom. The quantitative estimate of drug-likeness (QED) is 0.270. The summed E-state index contributed by atoms with van der Waals surface area (Å²) in [7, 11) is 3.50. The average Bonchev–Trinajstić information content (AvgIpc) is 3.13. The van der Waals surface area contributed by atoms with Gasteiger partial charge in [-0.05, 0) is 67.0 Å². The molecule has 5 rings (SSSR count). The molecule has 0 saturated heterocycles. The number of aryl methyl sites for hydroxylation is 4. The SMILES string of the molecule is CCc1cccc(CC)c1NC(=O)c1nn(C)c2c1CCCc1cnc(Nc3ccc(Br)cc3OC)nc1-2. The summed E-state index contributed by atoms with van der Waals surface area (Å²) in [5.41, 5.74) is 7.96. The lowest BCUT2D eigenvalue weighted by atomic mass is 10.0. The second-order valence-corrected chi connectivity index (χ2v) is 10.2. The number of carbonyl (C=O) groups excluding carboxylic acids is 1. The van der Waals surface area contributed by atoms with Gasteiger partial charge in [-0.25, -0.2) is 9.97 Å². The molecule has 0 fully saturated rings. The van der Waals surface area contributed by atoms with Gasteiger partial charge in [-0.1, -0.05) is 48.0 Å². The standard InChI is InChI=1S/C29H31BrN6O2/c1-5-17-9-7-10-18(6-2)24(17)33-28(37)26-21-12-8-11-19-16-31-29(34-25(19)27(21)36(3)35-26)32-22-14-13-20(30)15-23(22)38-4/h7,9-10,13-16H,5-6,8,11-12H2,1-4H3,(H,33,37)(H,31,32,34). The largest absolute Gasteiger partial charge is 0.495 e. The third kappa shape index (κ3) is 4.90. The summed E-state index contributed by atoms with van der Waals surface area (Å²) >= 11 is 3.48. The van der Waals surface area contributed by atoms with Crippen LogP contribution in [0.5, 0.6) is 5.75 Å². The summed E-state index contributed by atoms with van der Waals surface area (Å²) < 4.78 is 8.20. The van der Waals surface area contributed by atoms with Gasteiger partial charge in [0.15, 0.2) is 5.69 Å². The van der Waals surface area contributed by atoms with E-state index in [9.17, 15) is 4.79 Å². The third-order valence-corrected chi connectivity index (χ3v) is 7.46. The van der Waals surface area contributed by atoms with Crippen molar-refractivity contribution in [3.63, 3.8) is 0 Å². The smallest absolute Gasteiger partial charge is 0.276 e. The van der Waals surface area contributed by atoms with Crippen LogP contribution in [-0.4, -0.2) is 32.8 Å². The first-order chi connectivity index (χ1) is 18.4. The average molecular weight is 576 g/mol. The molecular weight excluding hydrogens is 544 g/mol. The van der Waals surface area contributed by atoms with Crippen LogP contribution in [0.15, 0.2) is 47.1 Å². The Balaban J connectivity index is 1.52. The Morgan fingerprint density at radius 1 is 1.13 bits per heavy atom. The van der Waals surface area contributed by atoms with Crippen molar-refractivity contribution in [2.24, 2.45) is 7.05 Å². The number of benzene rings is 2. The first kappa shape index (κ1) is 25.9. The van der Waals surface area contributed by atoms with Crippen LogP contribution in [0.25, 0.3) is 11.4 Å². The number of amides is 1. The number of nitrogens with zero attached hydrogens (tertiary/aromatic N) is 4. The maximum Gasteiger partial charge on any atom is 0.276 e. The number of rotatable bonds is 7. The van der Waals surface area contributed by atoms with E-state index in [2.05, 4.69) is 62.6 Å². The van der Waals surface area contributed by atoms with Gasteiger partial charge in [0.25, 0.3) is 5.91 Å². The van der Waals surface area contributed by atoms with Crippen LogP contribution >= 0.6 is 15.9 Å². The highest BCUT2D eigenvalue weighted by Gasteiger charge is 2.28. The maximum absolute atomic E-state index is 13.6. The number of aromatic nitrogens is 4. The van der Waals surface area contributed by atoms with E-state index in [0.29, 0.717) is 17.4 Å². The third-order valence-electron chi connectivity index (χ3n) is 6.97. The molecule has 2 aromatic heterocycles. The summed E-state index contributed by atoms with van der Waals surface area (Å²) in [5, 5.41) is 11.2. The molecule has 2 heterocycles. The molecule has 9 heteroatoms. The molecule has 0 radical (unpaired) electrons. The van der Waals surface area contributed by atoms with Crippen molar-refractivity contribution in [2.75, 3.05) is 17.7 Å². The minimum Gasteiger partial charge on any atom is -0.495 e. The van der Waals surface area contributed by atoms with Crippen LogP contribution in [-0.2, 0) is 32.7 Å². The molecule has 0 atom stereocenters. The topological polar surface area (TPSA) is 94.0 Å². The van der Waals surface area contributed by atoms with Crippen molar-refractivity contribution in [2.45, 2.75) is 46.0 Å². The van der Waals surface area contributed by atoms with Crippen molar-refractivity contribution in [3.05, 3.63) is 75.0 Å². The van der Waals surface area contributed by atoms with Gasteiger partial charge in [0.05, 0.1) is 24.2 Å². The molecule has 4 aromatic rings. The summed E-state index contributed by atoms with van der Waals surface area (Å²) in [5.74, 6) is 0.943. The molecule has 1 aliphatic carbocycles. The lowest BCUT2D eigenvalue weighted by Crippen LogP contribution is -2.17. The monoisotopic (exact) mass is 574 g/mol. The van der Waals surface area contributed by atoms with E-state index in [1.165, 1.54) is 0 Å². The fourth-order valence-electron chi connectivity index (χ4n) is 5.06. The van der Waals surface area contributed by atoms with Gasteiger partial charge in [-0.15, -0.1) is 0 Å². The molecule has 38 heavy (non-hydrogen) atoms. The van der Waals surface area contributed by atoms with Gasteiger partial charge < -0.3 is 15.4 Å². The molecule has 2 aromatic carbocycles. The highest BCUT2D eigenvalue weighted by molar-refractivity contribution is 9.10. The lowest BCUT2D eigenvalue weighted by molar-refractivity contribution is 0.102. The number of anilines is 3. The molecule has 196 valence electrons. The van der Waals surface area contributed by atoms with Crippen molar-refractivity contribution >= 4 is 39.2 Å². The van der Waals surface area contributed by atoms with Gasteiger partial charge in [0.1, 0.15) is 5.75 Å². The first-order valence-corrected chi connectivity index (χ1v) is 13.7. The van der Waals surface area contributed by atoms with E-state index in [1.54, 1.807) is 11.8 Å². The van der Waals surface area contributed by atoms with E-state index in [0.717, 1.165) is 81.6 Å². The molecule has 8 nitrogen and oxygen atoms in total. The van der Waals surface area contributed by atoms with Crippen molar-refractivity contribution < 1.29 is 9.53 Å². The molecule has 0 saturated carbocycles. The number of para-hydroxylation sites is 1. The zero-order chi connectivity index (χ0) is 26.8. The van der Waals surface area contributed by atoms with E-state index in [4.69, 9.17) is 9.72 Å². The maximum atomic E-state index is 13.6. The second kappa shape index (κ2) is 10.9. The number of ether oxygens (including phenoxy) is 1. The van der Waals surface area contributed by atoms with Crippen LogP contribution < -0.4 is 15.4 Å². The van der Waals surface area contributed by atoms with E-state index < -0.39 is 0 Å². The van der Waals surface area contributed by atoms with Crippen molar-refractivity contribution in [1.82, 2.24) is 19.7 Å². The second-order valence-electron chi connectivity index (χ2n) is 9.30. The molecule has 0 aliphatic heterocycles. The predicted octanol–water partition coefficient (Wildman–Crippen LogP) is 6.26. The van der Waals surface area contributed by atoms with E-state index in [1.807, 2.05) is 37.5 Å². The molecule has 1 aliphatic rings. The van der Waals surface area contributed by atoms with Crippen LogP contribution in [0.1, 0.15) is 53.0 Å². The van der Waals surface area contributed by atoms with E-state index >= 15 is 0 Å². The summed E-state index contributed by atoms with van der Waals surface area (Å²) in [4.78, 5) is 23.1. The Morgan fingerprint density at radius 2 is 1.89 bits per heavy atom. The van der Waals surface area contributed by atoms with Crippen LogP contribution in [0.4, 0.5) is 17.3 Å². The van der Waals surface area contributed by atoms with Gasteiger partial charge in [0.2, 0.25) is 5.95 Å². The highest BCUT2D eigenvalue weighted by Crippen LogP contribution is 2.35. The first-order valence-electron chi connectivity index (χ1n) is 12.9. The highest BCUT2D eigenvalue weighted by atomic mass is 79.9. The Kier molecular flexibility index (Phi) is 7.46. The number of fused-ring (bicyclic) bond motifs is 3. The minimum atomic E-state index is -0.187. The summed E-state index contributed by atoms with van der Waals surface area (Å²) in [6.07, 6.45) is 5.99. The van der Waals surface area contributed by atoms with Crippen LogP contribution in [0.3, 0.4) is 0 Å². The van der Waals surface area contributed by atoms with E-state index in [-0.39, 0.29) is 5.91 Å². The van der Waals surface area contributed by atoms with Gasteiger partial charge in [0, 0.05) is 29.0 Å². The normalized spacial score (nSPS) is 12.3. The molecule has 0 spiro atoms. The Bertz CT molecular complexity index is 1490. The zero-order valence-electron chi connectivity index (χ0n) is 22.1. The van der Waals surface area contributed by atoms with Crippen molar-refractivity contribution in [1.29, 1.82) is 0 Å². The number of nitrogens with one attached hydrogen (secondary N) is 2. The summed E-state index contributed by atoms with van der Waals surface area (Å²) in [6, 6.07) is 11.9. The molecule has 2 N–H and O–H groups in total. The Labute approximate surface area is 231 Å². The number of carbonyl (C=O) groups is 1. The number of methoxy groups -OCH3 is 1. The lowest BCUT2D eigenvalue weighted by Gasteiger charge is -2.14. The molecular formula is C29H31BrN6O2. The molecule has 0 bridgehead atoms. The fraction of sp³-hybridized carbons (Fsp3) is 0.310. The Hall–Kier alpha value is -3.72. The number of hydrogen-bond donors (Lipinski definition) is 2. The minimum absolute atomic E-state index is 0.187. The van der Waals surface area contributed by atoms with Crippen LogP contribution in [0.2, 0.25) is 0 Å². The van der Waals surface area contributed by atoms with Gasteiger partial charge in [-0.3, -0.25) is 9.48 Å². The molecule has 1 amide bonds. The summed E-state index contributed by atoms with van der Waals surface area (Å²) in [6.45, 7) is 4.20. The number of halogens is 1. The fourth-order valence-corrected chi connectivity index (χ4v) is 5.40. The molecule has 0 unspecified atom stereocenters. The van der Waals surface area contributed by atoms with Gasteiger partial charge in [-0.2, -0.15) is 5.10 Å². The van der Waals surface area contributed by atoms with Crippen molar-refractivity contribution in [3.8, 4) is 17.1 Å². The zero-order valence-corrected chi connectivity index (χ0v) is 23.6. The predicted molar refractivity (Wildman–Crippen MR) is 153 cm³/mol. The van der Waals surface area contributed by atoms with Crippen LogP contribution in [0, 0.1) is 0 Å².